The van der Waals surface area contributed by atoms with Gasteiger partial charge in [0.15, 0.2) is 14.9 Å². The molecule has 0 spiro atoms. The maximum atomic E-state index is 13.5. The number of carbonyl (C=O) groups excluding carboxylic acids is 2. The second-order valence-corrected chi connectivity index (χ2v) is 9.66. The molecule has 1 aromatic rings. The number of hydrogen-bond acceptors (Lipinski definition) is 7. The van der Waals surface area contributed by atoms with E-state index in [9.17, 15) is 26.8 Å². The van der Waals surface area contributed by atoms with Gasteiger partial charge in [-0.05, 0) is 38.8 Å². The SMILES string of the molecule is CCOC(=O)C1CC(S(=O)(=O)c2ccc(C)nn2)CC1C(=O)N1CCC(F)(F)C1. The van der Waals surface area contributed by atoms with Crippen LogP contribution in [0.4, 0.5) is 8.78 Å². The fourth-order valence-corrected chi connectivity index (χ4v) is 5.57. The Labute approximate surface area is 167 Å². The number of sulfone groups is 1. The summed E-state index contributed by atoms with van der Waals surface area (Å²) in [6.07, 6.45) is -0.726. The molecule has 1 amide bonds. The Morgan fingerprint density at radius 3 is 2.48 bits per heavy atom. The molecule has 1 saturated heterocycles. The van der Waals surface area contributed by atoms with E-state index >= 15 is 0 Å². The number of aryl methyl sites for hydroxylation is 1. The number of aromatic nitrogens is 2. The minimum absolute atomic E-state index is 0.0683. The largest absolute Gasteiger partial charge is 0.466 e. The molecule has 0 N–H and O–H groups in total. The molecule has 11 heteroatoms. The second kappa shape index (κ2) is 7.92. The first-order chi connectivity index (χ1) is 13.5. The number of esters is 1. The van der Waals surface area contributed by atoms with Crippen LogP contribution in [-0.2, 0) is 24.2 Å². The predicted molar refractivity (Wildman–Crippen MR) is 96.7 cm³/mol. The Bertz CT molecular complexity index is 891. The lowest BCUT2D eigenvalue weighted by Crippen LogP contribution is -2.39. The van der Waals surface area contributed by atoms with Crippen molar-refractivity contribution in [1.29, 1.82) is 0 Å². The standard InChI is InChI=1S/C18H23F2N3O5S/c1-3-28-17(25)14-9-12(29(26,27)15-5-4-11(2)21-22-15)8-13(14)16(24)23-7-6-18(19,20)10-23/h4-5,12-14H,3,6-10H2,1-2H3. The summed E-state index contributed by atoms with van der Waals surface area (Å²) in [6, 6.07) is 2.83. The van der Waals surface area contributed by atoms with E-state index in [1.807, 2.05) is 0 Å². The maximum Gasteiger partial charge on any atom is 0.309 e. The van der Waals surface area contributed by atoms with Crippen LogP contribution >= 0.6 is 0 Å². The van der Waals surface area contributed by atoms with Gasteiger partial charge in [-0.1, -0.05) is 0 Å². The predicted octanol–water partition coefficient (Wildman–Crippen LogP) is 1.38. The van der Waals surface area contributed by atoms with Crippen molar-refractivity contribution in [2.24, 2.45) is 11.8 Å². The van der Waals surface area contributed by atoms with Gasteiger partial charge in [0.1, 0.15) is 0 Å². The van der Waals surface area contributed by atoms with Gasteiger partial charge in [0, 0.05) is 13.0 Å². The van der Waals surface area contributed by atoms with Gasteiger partial charge < -0.3 is 9.64 Å². The van der Waals surface area contributed by atoms with Crippen LogP contribution < -0.4 is 0 Å². The fourth-order valence-electron chi connectivity index (χ4n) is 3.89. The van der Waals surface area contributed by atoms with E-state index in [4.69, 9.17) is 4.74 Å². The summed E-state index contributed by atoms with van der Waals surface area (Å²) in [7, 11) is -3.95. The molecular weight excluding hydrogens is 408 g/mol. The third kappa shape index (κ3) is 4.39. The number of hydrogen-bond donors (Lipinski definition) is 0. The van der Waals surface area contributed by atoms with Crippen molar-refractivity contribution in [2.45, 2.75) is 49.3 Å². The Morgan fingerprint density at radius 2 is 1.93 bits per heavy atom. The number of rotatable bonds is 5. The van der Waals surface area contributed by atoms with Gasteiger partial charge in [-0.3, -0.25) is 9.59 Å². The lowest BCUT2D eigenvalue weighted by molar-refractivity contribution is -0.153. The number of carbonyl (C=O) groups is 2. The van der Waals surface area contributed by atoms with Gasteiger partial charge in [-0.25, -0.2) is 17.2 Å². The summed E-state index contributed by atoms with van der Waals surface area (Å²) in [5.74, 6) is -6.33. The van der Waals surface area contributed by atoms with Gasteiger partial charge in [0.05, 0.1) is 35.9 Å². The number of nitrogens with zero attached hydrogens (tertiary/aromatic N) is 3. The van der Waals surface area contributed by atoms with E-state index in [0.29, 0.717) is 5.69 Å². The number of ether oxygens (including phenoxy) is 1. The summed E-state index contributed by atoms with van der Waals surface area (Å²) in [4.78, 5) is 26.3. The van der Waals surface area contributed by atoms with Crippen molar-refractivity contribution in [3.05, 3.63) is 17.8 Å². The second-order valence-electron chi connectivity index (χ2n) is 7.48. The molecule has 8 nitrogen and oxygen atoms in total. The minimum atomic E-state index is -3.95. The van der Waals surface area contributed by atoms with Crippen LogP contribution in [0.5, 0.6) is 0 Å². The molecule has 3 unspecified atom stereocenters. The topological polar surface area (TPSA) is 107 Å². The molecule has 3 atom stereocenters. The Balaban J connectivity index is 1.86. The smallest absolute Gasteiger partial charge is 0.309 e. The third-order valence-corrected chi connectivity index (χ3v) is 7.47. The minimum Gasteiger partial charge on any atom is -0.466 e. The highest BCUT2D eigenvalue weighted by Crippen LogP contribution is 2.41. The van der Waals surface area contributed by atoms with E-state index in [0.717, 1.165) is 4.90 Å². The van der Waals surface area contributed by atoms with Gasteiger partial charge in [0.2, 0.25) is 5.91 Å². The van der Waals surface area contributed by atoms with Crippen LogP contribution in [0.3, 0.4) is 0 Å². The van der Waals surface area contributed by atoms with Crippen LogP contribution in [0.1, 0.15) is 31.9 Å². The molecule has 1 aliphatic carbocycles. The first kappa shape index (κ1) is 21.5. The van der Waals surface area contributed by atoms with Crippen molar-refractivity contribution in [2.75, 3.05) is 19.7 Å². The zero-order chi connectivity index (χ0) is 21.4. The molecule has 3 rings (SSSR count). The zero-order valence-corrected chi connectivity index (χ0v) is 17.0. The molecule has 2 heterocycles. The first-order valence-corrected chi connectivity index (χ1v) is 11.0. The van der Waals surface area contributed by atoms with E-state index in [-0.39, 0.29) is 31.0 Å². The molecular formula is C18H23F2N3O5S. The molecule has 1 saturated carbocycles. The molecule has 0 bridgehead atoms. The number of halogens is 2. The Morgan fingerprint density at radius 1 is 1.24 bits per heavy atom. The van der Waals surface area contributed by atoms with Crippen molar-refractivity contribution in [3.63, 3.8) is 0 Å². The summed E-state index contributed by atoms with van der Waals surface area (Å²) >= 11 is 0. The lowest BCUT2D eigenvalue weighted by atomic mass is 9.95. The third-order valence-electron chi connectivity index (χ3n) is 5.41. The monoisotopic (exact) mass is 431 g/mol. The molecule has 2 aliphatic rings. The summed E-state index contributed by atoms with van der Waals surface area (Å²) < 4.78 is 58.0. The number of alkyl halides is 2. The van der Waals surface area contributed by atoms with Crippen LogP contribution in [0.25, 0.3) is 0 Å². The first-order valence-electron chi connectivity index (χ1n) is 9.42. The Kier molecular flexibility index (Phi) is 5.88. The molecule has 1 aliphatic heterocycles. The number of likely N-dealkylation sites (tertiary alicyclic amines) is 1. The normalized spacial score (nSPS) is 26.5. The van der Waals surface area contributed by atoms with Crippen LogP contribution in [0, 0.1) is 18.8 Å². The van der Waals surface area contributed by atoms with E-state index < -0.39 is 57.7 Å². The maximum absolute atomic E-state index is 13.5. The van der Waals surface area contributed by atoms with Gasteiger partial charge in [0.25, 0.3) is 5.92 Å². The highest BCUT2D eigenvalue weighted by molar-refractivity contribution is 7.92. The van der Waals surface area contributed by atoms with Crippen molar-refractivity contribution >= 4 is 21.7 Å². The molecule has 29 heavy (non-hydrogen) atoms. The van der Waals surface area contributed by atoms with E-state index in [2.05, 4.69) is 10.2 Å². The van der Waals surface area contributed by atoms with Gasteiger partial charge >= 0.3 is 5.97 Å². The van der Waals surface area contributed by atoms with Crippen molar-refractivity contribution < 1.29 is 31.5 Å². The number of amides is 1. The molecule has 0 radical (unpaired) electrons. The average molecular weight is 431 g/mol. The van der Waals surface area contributed by atoms with E-state index in [1.165, 1.54) is 12.1 Å². The quantitative estimate of drug-likeness (QED) is 0.649. The summed E-state index contributed by atoms with van der Waals surface area (Å²) in [5.41, 5.74) is 0.544. The highest BCUT2D eigenvalue weighted by Gasteiger charge is 2.51. The average Bonchev–Trinajstić information content (AvgIpc) is 3.26. The molecule has 0 aromatic carbocycles. The highest BCUT2D eigenvalue weighted by atomic mass is 32.2. The van der Waals surface area contributed by atoms with Gasteiger partial charge in [-0.15, -0.1) is 5.10 Å². The molecule has 160 valence electrons. The summed E-state index contributed by atoms with van der Waals surface area (Å²) in [5, 5.41) is 6.18. The van der Waals surface area contributed by atoms with Crippen molar-refractivity contribution in [1.82, 2.24) is 15.1 Å². The van der Waals surface area contributed by atoms with Crippen LogP contribution in [0.2, 0.25) is 0 Å². The van der Waals surface area contributed by atoms with Gasteiger partial charge in [-0.2, -0.15) is 5.10 Å². The Hall–Kier alpha value is -2.17. The molecule has 1 aromatic heterocycles. The van der Waals surface area contributed by atoms with Crippen LogP contribution in [-0.4, -0.2) is 66.3 Å². The van der Waals surface area contributed by atoms with Crippen LogP contribution in [0.15, 0.2) is 17.2 Å². The van der Waals surface area contributed by atoms with E-state index in [1.54, 1.807) is 13.8 Å². The summed E-state index contributed by atoms with van der Waals surface area (Å²) in [6.45, 7) is 2.48. The van der Waals surface area contributed by atoms with Crippen molar-refractivity contribution in [3.8, 4) is 0 Å². The fraction of sp³-hybridized carbons (Fsp3) is 0.667. The molecule has 2 fully saturated rings. The zero-order valence-electron chi connectivity index (χ0n) is 16.2. The lowest BCUT2D eigenvalue weighted by Gasteiger charge is -2.23.